The van der Waals surface area contributed by atoms with E-state index in [1.165, 1.54) is 6.33 Å². The molecular formula is C26H33ClN6O2. The van der Waals surface area contributed by atoms with Crippen molar-refractivity contribution in [3.63, 3.8) is 0 Å². The molecule has 3 aliphatic rings. The van der Waals surface area contributed by atoms with Gasteiger partial charge in [0.2, 0.25) is 11.8 Å². The van der Waals surface area contributed by atoms with Crippen LogP contribution in [0.25, 0.3) is 0 Å². The number of amides is 2. The molecule has 5 rings (SSSR count). The largest absolute Gasteiger partial charge is 0.347 e. The number of piperazine rings is 1. The summed E-state index contributed by atoms with van der Waals surface area (Å²) < 4.78 is 0. The predicted molar refractivity (Wildman–Crippen MR) is 137 cm³/mol. The monoisotopic (exact) mass is 496 g/mol. The second-order valence-corrected chi connectivity index (χ2v) is 10.8. The first kappa shape index (κ1) is 24.0. The van der Waals surface area contributed by atoms with Gasteiger partial charge in [0.15, 0.2) is 0 Å². The number of likely N-dealkylation sites (tertiary alicyclic amines) is 1. The van der Waals surface area contributed by atoms with Gasteiger partial charge in [-0.1, -0.05) is 44.5 Å². The van der Waals surface area contributed by atoms with Crippen molar-refractivity contribution in [2.75, 3.05) is 29.9 Å². The molecule has 3 aliphatic heterocycles. The average molecular weight is 497 g/mol. The highest BCUT2D eigenvalue weighted by atomic mass is 35.5. The number of nitrogens with zero attached hydrogens (tertiary/aromatic N) is 4. The van der Waals surface area contributed by atoms with Crippen molar-refractivity contribution in [2.24, 2.45) is 0 Å². The van der Waals surface area contributed by atoms with Gasteiger partial charge in [0.25, 0.3) is 0 Å². The van der Waals surface area contributed by atoms with Crippen molar-refractivity contribution < 1.29 is 9.59 Å². The molecule has 8 nitrogen and oxygen atoms in total. The lowest BCUT2D eigenvalue weighted by atomic mass is 9.93. The Kier molecular flexibility index (Phi) is 6.68. The number of anilines is 2. The quantitative estimate of drug-likeness (QED) is 0.635. The van der Waals surface area contributed by atoms with Crippen LogP contribution in [-0.2, 0) is 9.59 Å². The molecule has 0 radical (unpaired) electrons. The summed E-state index contributed by atoms with van der Waals surface area (Å²) in [7, 11) is 0. The van der Waals surface area contributed by atoms with E-state index in [2.05, 4.69) is 46.3 Å². The molecule has 2 saturated heterocycles. The molecule has 2 aromatic rings. The first-order valence-electron chi connectivity index (χ1n) is 12.5. The van der Waals surface area contributed by atoms with Gasteiger partial charge in [0.05, 0.1) is 5.92 Å². The number of hydrogen-bond acceptors (Lipinski definition) is 6. The second-order valence-electron chi connectivity index (χ2n) is 10.3. The van der Waals surface area contributed by atoms with Gasteiger partial charge in [-0.15, -0.1) is 0 Å². The van der Waals surface area contributed by atoms with E-state index in [-0.39, 0.29) is 41.8 Å². The van der Waals surface area contributed by atoms with Crippen LogP contribution in [0.3, 0.4) is 0 Å². The zero-order chi connectivity index (χ0) is 24.7. The molecular weight excluding hydrogens is 464 g/mol. The van der Waals surface area contributed by atoms with Crippen molar-refractivity contribution in [1.82, 2.24) is 20.2 Å². The van der Waals surface area contributed by atoms with Crippen LogP contribution in [0.2, 0.25) is 5.02 Å². The van der Waals surface area contributed by atoms with Gasteiger partial charge < -0.3 is 20.4 Å². The van der Waals surface area contributed by atoms with E-state index in [0.717, 1.165) is 29.8 Å². The van der Waals surface area contributed by atoms with E-state index in [0.29, 0.717) is 36.9 Å². The zero-order valence-electron chi connectivity index (χ0n) is 20.5. The number of halogens is 1. The normalized spacial score (nSPS) is 24.4. The molecule has 4 atom stereocenters. The highest BCUT2D eigenvalue weighted by Crippen LogP contribution is 2.42. The third kappa shape index (κ3) is 4.74. The Labute approximate surface area is 211 Å². The summed E-state index contributed by atoms with van der Waals surface area (Å²) in [5, 5.41) is 7.03. The van der Waals surface area contributed by atoms with E-state index in [4.69, 9.17) is 11.6 Å². The smallest absolute Gasteiger partial charge is 0.231 e. The second kappa shape index (κ2) is 9.74. The van der Waals surface area contributed by atoms with Gasteiger partial charge in [0, 0.05) is 54.8 Å². The first-order chi connectivity index (χ1) is 16.8. The van der Waals surface area contributed by atoms with Gasteiger partial charge >= 0.3 is 0 Å². The standard InChI is InChI=1S/C26H33ClN6O2/c1-15(2)28-11-21(17-4-6-18(27)7-5-17)26(35)32-12-19-8-9-20(13-32)33(19)25-23-16(3)10-22(34)31-24(23)29-14-30-25/h4-7,14-16,19-21,28H,8-13H2,1-3H3,(H,29,30,31,34)/t16-,19?,20?,21-/m1/s1. The molecule has 2 N–H and O–H groups in total. The van der Waals surface area contributed by atoms with Gasteiger partial charge in [0.1, 0.15) is 18.0 Å². The fourth-order valence-electron chi connectivity index (χ4n) is 5.75. The van der Waals surface area contributed by atoms with Crippen LogP contribution in [0, 0.1) is 0 Å². The van der Waals surface area contributed by atoms with Crippen molar-refractivity contribution in [3.8, 4) is 0 Å². The molecule has 4 heterocycles. The fourth-order valence-corrected chi connectivity index (χ4v) is 5.88. The third-order valence-electron chi connectivity index (χ3n) is 7.44. The summed E-state index contributed by atoms with van der Waals surface area (Å²) >= 11 is 6.11. The molecule has 186 valence electrons. The maximum atomic E-state index is 13.8. The van der Waals surface area contributed by atoms with Crippen LogP contribution >= 0.6 is 11.6 Å². The van der Waals surface area contributed by atoms with Gasteiger partial charge in [-0.2, -0.15) is 0 Å². The molecule has 0 spiro atoms. The van der Waals surface area contributed by atoms with E-state index in [9.17, 15) is 9.59 Å². The number of carbonyl (C=O) groups is 2. The van der Waals surface area contributed by atoms with Crippen molar-refractivity contribution in [2.45, 2.75) is 70.0 Å². The number of hydrogen-bond donors (Lipinski definition) is 2. The van der Waals surface area contributed by atoms with Gasteiger partial charge in [-0.05, 0) is 36.5 Å². The number of aromatic nitrogens is 2. The van der Waals surface area contributed by atoms with Crippen LogP contribution in [0.15, 0.2) is 30.6 Å². The Morgan fingerprint density at radius 1 is 1.17 bits per heavy atom. The SMILES string of the molecule is CC(C)NC[C@@H](C(=O)N1CC2CCC(C1)N2c1ncnc2c1[C@H](C)CC(=O)N2)c1ccc(Cl)cc1. The summed E-state index contributed by atoms with van der Waals surface area (Å²) in [6.45, 7) is 8.17. The summed E-state index contributed by atoms with van der Waals surface area (Å²) in [4.78, 5) is 39.3. The Bertz CT molecular complexity index is 1090. The lowest BCUT2D eigenvalue weighted by molar-refractivity contribution is -0.133. The molecule has 1 aromatic heterocycles. The van der Waals surface area contributed by atoms with E-state index < -0.39 is 0 Å². The molecule has 2 fully saturated rings. The number of rotatable bonds is 6. The lowest BCUT2D eigenvalue weighted by Crippen LogP contribution is -2.57. The maximum Gasteiger partial charge on any atom is 0.231 e. The molecule has 1 aromatic carbocycles. The van der Waals surface area contributed by atoms with Crippen molar-refractivity contribution in [1.29, 1.82) is 0 Å². The Morgan fingerprint density at radius 2 is 1.86 bits per heavy atom. The average Bonchev–Trinajstić information content (AvgIpc) is 3.08. The molecule has 9 heteroatoms. The number of carbonyl (C=O) groups excluding carboxylic acids is 2. The minimum absolute atomic E-state index is 0.00344. The van der Waals surface area contributed by atoms with E-state index in [1.54, 1.807) is 0 Å². The Morgan fingerprint density at radius 3 is 2.51 bits per heavy atom. The third-order valence-corrected chi connectivity index (χ3v) is 7.70. The lowest BCUT2D eigenvalue weighted by Gasteiger charge is -2.44. The highest BCUT2D eigenvalue weighted by Gasteiger charge is 2.45. The Hall–Kier alpha value is -2.71. The molecule has 2 unspecified atom stereocenters. The Balaban J connectivity index is 1.38. The van der Waals surface area contributed by atoms with Crippen LogP contribution < -0.4 is 15.5 Å². The van der Waals surface area contributed by atoms with Crippen molar-refractivity contribution in [3.05, 3.63) is 46.7 Å². The summed E-state index contributed by atoms with van der Waals surface area (Å²) in [6, 6.07) is 8.31. The molecule has 35 heavy (non-hydrogen) atoms. The maximum absolute atomic E-state index is 13.8. The van der Waals surface area contributed by atoms with Crippen LogP contribution in [-0.4, -0.2) is 64.4 Å². The van der Waals surface area contributed by atoms with Gasteiger partial charge in [-0.25, -0.2) is 9.97 Å². The summed E-state index contributed by atoms with van der Waals surface area (Å²) in [5.74, 6) is 1.49. The number of benzene rings is 1. The topological polar surface area (TPSA) is 90.5 Å². The van der Waals surface area contributed by atoms with Crippen molar-refractivity contribution >= 4 is 35.1 Å². The zero-order valence-corrected chi connectivity index (χ0v) is 21.3. The molecule has 2 bridgehead atoms. The van der Waals surface area contributed by atoms with Crippen LogP contribution in [0.4, 0.5) is 11.6 Å². The minimum Gasteiger partial charge on any atom is -0.347 e. The molecule has 2 amide bonds. The van der Waals surface area contributed by atoms with Crippen LogP contribution in [0.1, 0.15) is 63.0 Å². The minimum atomic E-state index is -0.261. The number of nitrogens with one attached hydrogen (secondary N) is 2. The van der Waals surface area contributed by atoms with Gasteiger partial charge in [-0.3, -0.25) is 9.59 Å². The highest BCUT2D eigenvalue weighted by molar-refractivity contribution is 6.30. The number of fused-ring (bicyclic) bond motifs is 3. The molecule has 0 saturated carbocycles. The molecule has 0 aliphatic carbocycles. The van der Waals surface area contributed by atoms with Crippen LogP contribution in [0.5, 0.6) is 0 Å². The fraction of sp³-hybridized carbons (Fsp3) is 0.538. The summed E-state index contributed by atoms with van der Waals surface area (Å²) in [5.41, 5.74) is 2.00. The first-order valence-corrected chi connectivity index (χ1v) is 12.9. The van der Waals surface area contributed by atoms with E-state index in [1.807, 2.05) is 29.2 Å². The predicted octanol–water partition coefficient (Wildman–Crippen LogP) is 3.54. The van der Waals surface area contributed by atoms with E-state index >= 15 is 0 Å². The summed E-state index contributed by atoms with van der Waals surface area (Å²) in [6.07, 6.45) is 4.01.